The molecule has 0 unspecified atom stereocenters. The lowest BCUT2D eigenvalue weighted by atomic mass is 9.88. The topological polar surface area (TPSA) is 122 Å². The Labute approximate surface area is 263 Å². The van der Waals surface area contributed by atoms with Crippen molar-refractivity contribution in [2.75, 3.05) is 25.5 Å². The molecule has 1 aromatic carbocycles. The number of amides is 3. The molecule has 1 aliphatic carbocycles. The lowest BCUT2D eigenvalue weighted by Gasteiger charge is -2.48. The van der Waals surface area contributed by atoms with Gasteiger partial charge in [0.1, 0.15) is 16.9 Å². The molecule has 0 radical (unpaired) electrons. The van der Waals surface area contributed by atoms with Crippen LogP contribution in [-0.2, 0) is 11.3 Å². The van der Waals surface area contributed by atoms with Gasteiger partial charge in [0.25, 0.3) is 11.8 Å². The van der Waals surface area contributed by atoms with E-state index >= 15 is 0 Å². The van der Waals surface area contributed by atoms with Crippen LogP contribution in [0.1, 0.15) is 86.6 Å². The number of nitrogens with one attached hydrogen (secondary N) is 1. The van der Waals surface area contributed by atoms with Crippen molar-refractivity contribution in [3.05, 3.63) is 53.5 Å². The van der Waals surface area contributed by atoms with E-state index in [1.165, 1.54) is 6.20 Å². The normalized spacial score (nSPS) is 20.5. The van der Waals surface area contributed by atoms with Crippen LogP contribution < -0.4 is 10.1 Å². The van der Waals surface area contributed by atoms with Gasteiger partial charge in [0.2, 0.25) is 0 Å². The summed E-state index contributed by atoms with van der Waals surface area (Å²) in [5.74, 6) is 0.122. The Kier molecular flexibility index (Phi) is 8.19. The molecule has 3 aliphatic rings. The summed E-state index contributed by atoms with van der Waals surface area (Å²) in [4.78, 5) is 49.8. The smallest absolute Gasteiger partial charge is 0.410 e. The van der Waals surface area contributed by atoms with Gasteiger partial charge in [-0.15, -0.1) is 0 Å². The molecule has 0 bridgehead atoms. The fourth-order valence-electron chi connectivity index (χ4n) is 6.55. The Bertz CT molecular complexity index is 1600. The Morgan fingerprint density at radius 3 is 2.51 bits per heavy atom. The first-order chi connectivity index (χ1) is 21.4. The Morgan fingerprint density at radius 2 is 1.82 bits per heavy atom. The second kappa shape index (κ2) is 12.0. The zero-order valence-electron chi connectivity index (χ0n) is 26.9. The number of fused-ring (bicyclic) bond motifs is 2. The Morgan fingerprint density at radius 1 is 1.09 bits per heavy atom. The van der Waals surface area contributed by atoms with Crippen LogP contribution >= 0.6 is 0 Å². The van der Waals surface area contributed by atoms with E-state index in [0.717, 1.165) is 31.2 Å². The number of carbonyl (C=O) groups excluding carboxylic acids is 3. The van der Waals surface area contributed by atoms with E-state index in [1.807, 2.05) is 45.6 Å². The van der Waals surface area contributed by atoms with Crippen LogP contribution in [0.25, 0.3) is 5.65 Å². The average molecular weight is 618 g/mol. The highest BCUT2D eigenvalue weighted by Gasteiger charge is 2.41. The number of anilines is 1. The van der Waals surface area contributed by atoms with Crippen LogP contribution in [0, 0.1) is 0 Å². The van der Waals surface area contributed by atoms with Gasteiger partial charge in [-0.3, -0.25) is 14.5 Å². The number of rotatable bonds is 7. The molecule has 12 nitrogen and oxygen atoms in total. The maximum Gasteiger partial charge on any atom is 0.410 e. The Balaban J connectivity index is 1.09. The third-order valence-corrected chi connectivity index (χ3v) is 8.95. The first-order valence-electron chi connectivity index (χ1n) is 15.8. The van der Waals surface area contributed by atoms with Crippen molar-refractivity contribution in [2.45, 2.75) is 96.7 Å². The minimum Gasteiger partial charge on any atom is -0.489 e. The van der Waals surface area contributed by atoms with E-state index in [-0.39, 0.29) is 30.1 Å². The molecule has 2 aromatic heterocycles. The monoisotopic (exact) mass is 617 g/mol. The first kappa shape index (κ1) is 30.8. The molecule has 0 spiro atoms. The van der Waals surface area contributed by atoms with E-state index < -0.39 is 5.60 Å². The second-order valence-electron chi connectivity index (χ2n) is 13.7. The van der Waals surface area contributed by atoms with Crippen molar-refractivity contribution in [2.24, 2.45) is 0 Å². The van der Waals surface area contributed by atoms with Crippen molar-refractivity contribution in [1.82, 2.24) is 29.3 Å². The SMILES string of the molecule is CC(C)Oc1cc2c(cc1NC(=O)c1cnn3cccnc13)CN(C1CCC(N(C)C3CN(C(=O)OC(C)(C)C)C3)CC1)C2=O. The number of nitrogens with zero attached hydrogens (tertiary/aromatic N) is 6. The van der Waals surface area contributed by atoms with Crippen LogP contribution in [0.2, 0.25) is 0 Å². The zero-order valence-corrected chi connectivity index (χ0v) is 26.9. The maximum atomic E-state index is 13.7. The van der Waals surface area contributed by atoms with E-state index in [2.05, 4.69) is 27.3 Å². The van der Waals surface area contributed by atoms with Crippen molar-refractivity contribution in [3.8, 4) is 5.75 Å². The van der Waals surface area contributed by atoms with Gasteiger partial charge in [-0.25, -0.2) is 14.3 Å². The molecule has 1 N–H and O–H groups in total. The van der Waals surface area contributed by atoms with Gasteiger partial charge in [-0.1, -0.05) is 0 Å². The number of aromatic nitrogens is 3. The molecule has 6 rings (SSSR count). The highest BCUT2D eigenvalue weighted by molar-refractivity contribution is 6.09. The number of hydrogen-bond acceptors (Lipinski definition) is 8. The van der Waals surface area contributed by atoms with Crippen LogP contribution in [0.5, 0.6) is 5.75 Å². The summed E-state index contributed by atoms with van der Waals surface area (Å²) in [6, 6.07) is 6.27. The number of likely N-dealkylation sites (tertiary alicyclic amines) is 1. The number of carbonyl (C=O) groups is 3. The molecule has 12 heteroatoms. The van der Waals surface area contributed by atoms with Crippen LogP contribution in [0.4, 0.5) is 10.5 Å². The van der Waals surface area contributed by atoms with Gasteiger partial charge in [0.15, 0.2) is 5.65 Å². The predicted octanol–water partition coefficient (Wildman–Crippen LogP) is 4.59. The minimum atomic E-state index is -0.495. The largest absolute Gasteiger partial charge is 0.489 e. The van der Waals surface area contributed by atoms with Gasteiger partial charge < -0.3 is 24.6 Å². The molecule has 1 saturated heterocycles. The fourth-order valence-corrected chi connectivity index (χ4v) is 6.55. The summed E-state index contributed by atoms with van der Waals surface area (Å²) in [5, 5.41) is 7.21. The molecular formula is C33H43N7O5. The van der Waals surface area contributed by atoms with Crippen molar-refractivity contribution < 1.29 is 23.9 Å². The number of likely N-dealkylation sites (N-methyl/N-ethyl adjacent to an activating group) is 1. The van der Waals surface area contributed by atoms with Crippen molar-refractivity contribution in [3.63, 3.8) is 0 Å². The summed E-state index contributed by atoms with van der Waals surface area (Å²) >= 11 is 0. The van der Waals surface area contributed by atoms with Gasteiger partial charge in [-0.05, 0) is 91.1 Å². The first-order valence-corrected chi connectivity index (χ1v) is 15.8. The molecule has 2 aliphatic heterocycles. The molecule has 4 heterocycles. The summed E-state index contributed by atoms with van der Waals surface area (Å²) in [5.41, 5.74) is 2.33. The number of ether oxygens (including phenoxy) is 2. The molecule has 1 saturated carbocycles. The second-order valence-corrected chi connectivity index (χ2v) is 13.7. The summed E-state index contributed by atoms with van der Waals surface area (Å²) < 4.78 is 13.1. The van der Waals surface area contributed by atoms with Gasteiger partial charge in [-0.2, -0.15) is 5.10 Å². The molecule has 0 atom stereocenters. The zero-order chi connectivity index (χ0) is 32.0. The van der Waals surface area contributed by atoms with Crippen molar-refractivity contribution in [1.29, 1.82) is 0 Å². The fraction of sp³-hybridized carbons (Fsp3) is 0.545. The van der Waals surface area contributed by atoms with Gasteiger partial charge >= 0.3 is 6.09 Å². The lowest BCUT2D eigenvalue weighted by molar-refractivity contribution is -0.0234. The van der Waals surface area contributed by atoms with Crippen molar-refractivity contribution >= 4 is 29.2 Å². The minimum absolute atomic E-state index is 0.00658. The van der Waals surface area contributed by atoms with E-state index in [9.17, 15) is 14.4 Å². The molecule has 45 heavy (non-hydrogen) atoms. The molecule has 3 amide bonds. The molecule has 240 valence electrons. The van der Waals surface area contributed by atoms with Gasteiger partial charge in [0, 0.05) is 55.7 Å². The van der Waals surface area contributed by atoms with Crippen LogP contribution in [0.15, 0.2) is 36.8 Å². The third-order valence-electron chi connectivity index (χ3n) is 8.95. The van der Waals surface area contributed by atoms with E-state index in [0.29, 0.717) is 59.9 Å². The average Bonchev–Trinajstić information content (AvgIpc) is 3.52. The summed E-state index contributed by atoms with van der Waals surface area (Å²) in [6.45, 7) is 11.3. The van der Waals surface area contributed by atoms with E-state index in [1.54, 1.807) is 33.9 Å². The van der Waals surface area contributed by atoms with E-state index in [4.69, 9.17) is 9.47 Å². The van der Waals surface area contributed by atoms with Gasteiger partial charge in [0.05, 0.1) is 18.0 Å². The summed E-state index contributed by atoms with van der Waals surface area (Å²) in [7, 11) is 2.15. The lowest BCUT2D eigenvalue weighted by Crippen LogP contribution is -2.63. The quantitative estimate of drug-likeness (QED) is 0.409. The molecule has 3 aromatic rings. The Hall–Kier alpha value is -4.19. The maximum absolute atomic E-state index is 13.7. The highest BCUT2D eigenvalue weighted by Crippen LogP contribution is 2.38. The third kappa shape index (κ3) is 6.33. The predicted molar refractivity (Wildman–Crippen MR) is 168 cm³/mol. The molecular weight excluding hydrogens is 574 g/mol. The van der Waals surface area contributed by atoms with Crippen LogP contribution in [0.3, 0.4) is 0 Å². The molecule has 2 fully saturated rings. The summed E-state index contributed by atoms with van der Waals surface area (Å²) in [6.07, 6.45) is 8.26. The highest BCUT2D eigenvalue weighted by atomic mass is 16.6. The number of hydrogen-bond donors (Lipinski definition) is 1. The standard InChI is InChI=1S/C33H43N7O5/c1-20(2)44-28-15-25-21(14-27(28)36-30(41)26-16-35-40-13-7-12-34-29(26)40)17-39(31(25)42)23-10-8-22(9-11-23)37(6)24-18-38(19-24)32(43)45-33(3,4)5/h7,12-16,20,22-24H,8-11,17-19H2,1-6H3,(H,36,41). The number of benzene rings is 1. The van der Waals surface area contributed by atoms with Crippen LogP contribution in [-0.4, -0.2) is 97.2 Å².